The molecular formula is C11H19F3N2O3. The highest BCUT2D eigenvalue weighted by molar-refractivity contribution is 5.87. The van der Waals surface area contributed by atoms with Gasteiger partial charge in [-0.05, 0) is 20.0 Å². The lowest BCUT2D eigenvalue weighted by Crippen LogP contribution is -2.73. The Morgan fingerprint density at radius 1 is 1.16 bits per heavy atom. The van der Waals surface area contributed by atoms with E-state index in [1.165, 1.54) is 20.8 Å². The third kappa shape index (κ3) is 3.59. The van der Waals surface area contributed by atoms with Crippen LogP contribution in [0.3, 0.4) is 0 Å². The van der Waals surface area contributed by atoms with E-state index in [2.05, 4.69) is 4.74 Å². The Hall–Kier alpha value is -1.31. The molecule has 0 saturated heterocycles. The van der Waals surface area contributed by atoms with Crippen LogP contribution in [-0.4, -0.2) is 48.3 Å². The normalized spacial score (nSPS) is 14.9. The molecule has 1 unspecified atom stereocenters. The van der Waals surface area contributed by atoms with Crippen LogP contribution in [0.1, 0.15) is 27.7 Å². The van der Waals surface area contributed by atoms with Gasteiger partial charge >= 0.3 is 12.1 Å². The van der Waals surface area contributed by atoms with E-state index in [4.69, 9.17) is 0 Å². The van der Waals surface area contributed by atoms with Gasteiger partial charge in [0.15, 0.2) is 0 Å². The van der Waals surface area contributed by atoms with Crippen LogP contribution >= 0.6 is 0 Å². The lowest BCUT2D eigenvalue weighted by Gasteiger charge is -2.41. The highest BCUT2D eigenvalue weighted by Gasteiger charge is 2.65. The molecule has 0 aliphatic heterocycles. The zero-order chi connectivity index (χ0) is 15.3. The summed E-state index contributed by atoms with van der Waals surface area (Å²) >= 11 is 0. The molecule has 112 valence electrons. The van der Waals surface area contributed by atoms with Crippen molar-refractivity contribution in [3.63, 3.8) is 0 Å². The molecule has 0 fully saturated rings. The number of amides is 1. The summed E-state index contributed by atoms with van der Waals surface area (Å²) in [5.74, 6) is -2.49. The van der Waals surface area contributed by atoms with Gasteiger partial charge in [-0.3, -0.25) is 9.69 Å². The number of alkyl halides is 3. The fraction of sp³-hybridized carbons (Fsp3) is 0.818. The zero-order valence-electron chi connectivity index (χ0n) is 11.4. The van der Waals surface area contributed by atoms with E-state index in [0.717, 1.165) is 11.8 Å². The Bertz CT molecular complexity index is 330. The maximum atomic E-state index is 13.4. The van der Waals surface area contributed by atoms with Crippen molar-refractivity contribution in [2.75, 3.05) is 19.7 Å². The third-order valence-electron chi connectivity index (χ3n) is 2.58. The molecule has 1 N–H and O–H groups in total. The summed E-state index contributed by atoms with van der Waals surface area (Å²) in [6.07, 6.45) is -4.99. The first-order chi connectivity index (χ1) is 8.67. The molecule has 0 aliphatic rings. The molecular weight excluding hydrogens is 265 g/mol. The molecule has 0 aliphatic carbocycles. The van der Waals surface area contributed by atoms with E-state index >= 15 is 0 Å². The first-order valence-corrected chi connectivity index (χ1v) is 5.95. The van der Waals surface area contributed by atoms with Crippen molar-refractivity contribution < 1.29 is 27.5 Å². The van der Waals surface area contributed by atoms with Crippen LogP contribution in [0.2, 0.25) is 0 Å². The van der Waals surface area contributed by atoms with Gasteiger partial charge in [0.1, 0.15) is 0 Å². The van der Waals surface area contributed by atoms with Crippen molar-refractivity contribution in [3.05, 3.63) is 0 Å². The average Bonchev–Trinajstić information content (AvgIpc) is 2.27. The summed E-state index contributed by atoms with van der Waals surface area (Å²) in [7, 11) is 0. The molecule has 0 rings (SSSR count). The third-order valence-corrected chi connectivity index (χ3v) is 2.58. The predicted octanol–water partition coefficient (Wildman–Crippen LogP) is 1.29. The molecule has 0 bridgehead atoms. The van der Waals surface area contributed by atoms with Gasteiger partial charge in [0.25, 0.3) is 5.66 Å². The summed E-state index contributed by atoms with van der Waals surface area (Å²) in [6, 6.07) is 0. The van der Waals surface area contributed by atoms with Crippen molar-refractivity contribution in [2.45, 2.75) is 39.5 Å². The van der Waals surface area contributed by atoms with Crippen LogP contribution in [0.5, 0.6) is 0 Å². The Labute approximate surface area is 110 Å². The maximum Gasteiger partial charge on any atom is 0.436 e. The molecule has 0 heterocycles. The summed E-state index contributed by atoms with van der Waals surface area (Å²) in [4.78, 5) is 23.7. The summed E-state index contributed by atoms with van der Waals surface area (Å²) in [5.41, 5.74) is -3.14. The highest BCUT2D eigenvalue weighted by atomic mass is 19.4. The van der Waals surface area contributed by atoms with E-state index in [-0.39, 0.29) is 19.7 Å². The van der Waals surface area contributed by atoms with Crippen LogP contribution < -0.4 is 5.32 Å². The van der Waals surface area contributed by atoms with E-state index in [1.807, 2.05) is 0 Å². The van der Waals surface area contributed by atoms with Gasteiger partial charge in [-0.25, -0.2) is 4.79 Å². The zero-order valence-corrected chi connectivity index (χ0v) is 11.4. The number of esters is 1. The predicted molar refractivity (Wildman–Crippen MR) is 62.2 cm³/mol. The van der Waals surface area contributed by atoms with Gasteiger partial charge in [-0.15, -0.1) is 0 Å². The number of hydrogen-bond donors (Lipinski definition) is 1. The van der Waals surface area contributed by atoms with Gasteiger partial charge in [0, 0.05) is 6.92 Å². The second kappa shape index (κ2) is 6.74. The van der Waals surface area contributed by atoms with E-state index in [1.54, 1.807) is 5.32 Å². The van der Waals surface area contributed by atoms with Gasteiger partial charge in [0.2, 0.25) is 5.91 Å². The minimum Gasteiger partial charge on any atom is -0.463 e. The number of halogens is 3. The summed E-state index contributed by atoms with van der Waals surface area (Å²) in [6.45, 7) is 4.88. The van der Waals surface area contributed by atoms with Crippen LogP contribution in [0.25, 0.3) is 0 Å². The number of likely N-dealkylation sites (N-methyl/N-ethyl adjacent to an activating group) is 1. The lowest BCUT2D eigenvalue weighted by molar-refractivity contribution is -0.248. The van der Waals surface area contributed by atoms with Gasteiger partial charge in [-0.2, -0.15) is 13.2 Å². The van der Waals surface area contributed by atoms with E-state index in [0.29, 0.717) is 0 Å². The Morgan fingerprint density at radius 2 is 1.63 bits per heavy atom. The number of rotatable bonds is 6. The monoisotopic (exact) mass is 284 g/mol. The minimum atomic E-state index is -4.99. The van der Waals surface area contributed by atoms with Gasteiger partial charge in [-0.1, -0.05) is 13.8 Å². The highest BCUT2D eigenvalue weighted by Crippen LogP contribution is 2.34. The van der Waals surface area contributed by atoms with Crippen molar-refractivity contribution in [2.24, 2.45) is 0 Å². The standard InChI is InChI=1S/C11H19F3N2O3/c1-5-16(6-2)10(11(12,13)14,15-8(4)17)9(18)19-7-3/h5-7H2,1-4H3,(H,15,17). The number of ether oxygens (including phenoxy) is 1. The average molecular weight is 284 g/mol. The van der Waals surface area contributed by atoms with Gasteiger partial charge < -0.3 is 10.1 Å². The molecule has 5 nitrogen and oxygen atoms in total. The van der Waals surface area contributed by atoms with Crippen molar-refractivity contribution in [1.29, 1.82) is 0 Å². The fourth-order valence-corrected chi connectivity index (χ4v) is 1.81. The van der Waals surface area contributed by atoms with Crippen molar-refractivity contribution >= 4 is 11.9 Å². The molecule has 19 heavy (non-hydrogen) atoms. The summed E-state index contributed by atoms with van der Waals surface area (Å²) in [5, 5.41) is 1.71. The second-order valence-electron chi connectivity index (χ2n) is 3.78. The minimum absolute atomic E-state index is 0.0743. The van der Waals surface area contributed by atoms with E-state index < -0.39 is 23.7 Å². The van der Waals surface area contributed by atoms with Crippen molar-refractivity contribution in [3.8, 4) is 0 Å². The Morgan fingerprint density at radius 3 is 1.89 bits per heavy atom. The number of nitrogens with zero attached hydrogens (tertiary/aromatic N) is 1. The maximum absolute atomic E-state index is 13.4. The fourth-order valence-electron chi connectivity index (χ4n) is 1.81. The molecule has 1 amide bonds. The first kappa shape index (κ1) is 17.7. The molecule has 0 saturated carbocycles. The quantitative estimate of drug-likeness (QED) is 0.590. The smallest absolute Gasteiger partial charge is 0.436 e. The Kier molecular flexibility index (Phi) is 6.28. The molecule has 0 aromatic rings. The van der Waals surface area contributed by atoms with Crippen LogP contribution in [0.15, 0.2) is 0 Å². The Balaban J connectivity index is 5.85. The molecule has 8 heteroatoms. The number of hydrogen-bond acceptors (Lipinski definition) is 4. The molecule has 0 spiro atoms. The number of nitrogens with one attached hydrogen (secondary N) is 1. The first-order valence-electron chi connectivity index (χ1n) is 5.95. The summed E-state index contributed by atoms with van der Waals surface area (Å²) < 4.78 is 44.6. The largest absolute Gasteiger partial charge is 0.463 e. The number of carbonyl (C=O) groups is 2. The van der Waals surface area contributed by atoms with E-state index in [9.17, 15) is 22.8 Å². The topological polar surface area (TPSA) is 58.6 Å². The lowest BCUT2D eigenvalue weighted by atomic mass is 10.1. The SMILES string of the molecule is CCOC(=O)C(NC(C)=O)(N(CC)CC)C(F)(F)F. The molecule has 1 atom stereocenters. The van der Waals surface area contributed by atoms with Crippen molar-refractivity contribution in [1.82, 2.24) is 10.2 Å². The molecule has 0 aromatic heterocycles. The van der Waals surface area contributed by atoms with Crippen LogP contribution in [-0.2, 0) is 14.3 Å². The van der Waals surface area contributed by atoms with Crippen LogP contribution in [0.4, 0.5) is 13.2 Å². The molecule has 0 radical (unpaired) electrons. The molecule has 0 aromatic carbocycles. The van der Waals surface area contributed by atoms with Crippen LogP contribution in [0, 0.1) is 0 Å². The second-order valence-corrected chi connectivity index (χ2v) is 3.78. The number of carbonyl (C=O) groups excluding carboxylic acids is 2. The van der Waals surface area contributed by atoms with Gasteiger partial charge in [0.05, 0.1) is 6.61 Å².